The molecule has 0 aromatic carbocycles. The second-order valence-electron chi connectivity index (χ2n) is 3.20. The van der Waals surface area contributed by atoms with Crippen LogP contribution in [-0.2, 0) is 19.1 Å². The van der Waals surface area contributed by atoms with E-state index in [9.17, 15) is 9.59 Å². The van der Waals surface area contributed by atoms with E-state index in [2.05, 4.69) is 4.74 Å². The summed E-state index contributed by atoms with van der Waals surface area (Å²) in [4.78, 5) is 21.7. The summed E-state index contributed by atoms with van der Waals surface area (Å²) < 4.78 is 9.41. The lowest BCUT2D eigenvalue weighted by Crippen LogP contribution is -2.12. The molecular weight excluding hydrogens is 184 g/mol. The Balaban J connectivity index is 2.27. The largest absolute Gasteiger partial charge is 0.466 e. The van der Waals surface area contributed by atoms with Gasteiger partial charge in [-0.1, -0.05) is 0 Å². The molecule has 0 aromatic heterocycles. The standard InChI is InChI=1S/C10H14O4/c1-13-9(11)6-7-10(12)14-8-4-2-3-5-8/h6-8H,2-5H2,1H3. The average Bonchev–Trinajstić information content (AvgIpc) is 2.66. The molecule has 0 spiro atoms. The summed E-state index contributed by atoms with van der Waals surface area (Å²) in [5, 5.41) is 0. The van der Waals surface area contributed by atoms with Crippen molar-refractivity contribution in [2.45, 2.75) is 31.8 Å². The molecule has 0 atom stereocenters. The van der Waals surface area contributed by atoms with Gasteiger partial charge in [-0.05, 0) is 25.7 Å². The maximum Gasteiger partial charge on any atom is 0.331 e. The summed E-state index contributed by atoms with van der Waals surface area (Å²) in [5.41, 5.74) is 0. The molecular formula is C10H14O4. The third-order valence-corrected chi connectivity index (χ3v) is 2.14. The van der Waals surface area contributed by atoms with Crippen molar-refractivity contribution in [2.75, 3.05) is 7.11 Å². The van der Waals surface area contributed by atoms with Gasteiger partial charge in [-0.3, -0.25) is 0 Å². The number of hydrogen-bond donors (Lipinski definition) is 0. The van der Waals surface area contributed by atoms with Crippen molar-refractivity contribution in [3.8, 4) is 0 Å². The maximum absolute atomic E-state index is 11.1. The van der Waals surface area contributed by atoms with Crippen LogP contribution in [0, 0.1) is 0 Å². The molecule has 1 aliphatic rings. The highest BCUT2D eigenvalue weighted by Gasteiger charge is 2.17. The fourth-order valence-electron chi connectivity index (χ4n) is 1.41. The zero-order valence-electron chi connectivity index (χ0n) is 8.19. The monoisotopic (exact) mass is 198 g/mol. The second-order valence-corrected chi connectivity index (χ2v) is 3.20. The molecule has 0 aromatic rings. The van der Waals surface area contributed by atoms with Crippen molar-refractivity contribution >= 4 is 11.9 Å². The topological polar surface area (TPSA) is 52.6 Å². The summed E-state index contributed by atoms with van der Waals surface area (Å²) in [6, 6.07) is 0. The number of methoxy groups -OCH3 is 1. The van der Waals surface area contributed by atoms with Crippen molar-refractivity contribution in [1.82, 2.24) is 0 Å². The fraction of sp³-hybridized carbons (Fsp3) is 0.600. The van der Waals surface area contributed by atoms with Crippen LogP contribution in [0.5, 0.6) is 0 Å². The van der Waals surface area contributed by atoms with Crippen LogP contribution in [0.3, 0.4) is 0 Å². The van der Waals surface area contributed by atoms with E-state index in [1.807, 2.05) is 0 Å². The zero-order chi connectivity index (χ0) is 10.4. The molecule has 1 aliphatic carbocycles. The van der Waals surface area contributed by atoms with Crippen LogP contribution in [0.15, 0.2) is 12.2 Å². The highest BCUT2D eigenvalue weighted by atomic mass is 16.5. The van der Waals surface area contributed by atoms with Crippen LogP contribution in [0.2, 0.25) is 0 Å². The summed E-state index contributed by atoms with van der Waals surface area (Å²) in [6.45, 7) is 0. The number of esters is 2. The van der Waals surface area contributed by atoms with E-state index < -0.39 is 11.9 Å². The first-order chi connectivity index (χ1) is 6.72. The predicted octanol–water partition coefficient (Wildman–Crippen LogP) is 1.20. The number of rotatable bonds is 3. The number of carbonyl (C=O) groups is 2. The van der Waals surface area contributed by atoms with E-state index in [4.69, 9.17) is 4.74 Å². The number of carbonyl (C=O) groups excluding carboxylic acids is 2. The number of ether oxygens (including phenoxy) is 2. The first-order valence-electron chi connectivity index (χ1n) is 4.69. The van der Waals surface area contributed by atoms with Crippen LogP contribution in [0.25, 0.3) is 0 Å². The Bertz CT molecular complexity index is 239. The van der Waals surface area contributed by atoms with Gasteiger partial charge in [-0.25, -0.2) is 9.59 Å². The molecule has 0 radical (unpaired) electrons. The molecule has 0 unspecified atom stereocenters. The van der Waals surface area contributed by atoms with Gasteiger partial charge < -0.3 is 9.47 Å². The minimum Gasteiger partial charge on any atom is -0.466 e. The van der Waals surface area contributed by atoms with Crippen molar-refractivity contribution in [2.24, 2.45) is 0 Å². The molecule has 0 saturated heterocycles. The van der Waals surface area contributed by atoms with Gasteiger partial charge in [0.25, 0.3) is 0 Å². The first-order valence-corrected chi connectivity index (χ1v) is 4.69. The Labute approximate surface area is 82.9 Å². The van der Waals surface area contributed by atoms with Crippen molar-refractivity contribution in [3.05, 3.63) is 12.2 Å². The van der Waals surface area contributed by atoms with Gasteiger partial charge >= 0.3 is 11.9 Å². The smallest absolute Gasteiger partial charge is 0.331 e. The molecule has 4 nitrogen and oxygen atoms in total. The van der Waals surface area contributed by atoms with Gasteiger partial charge in [0.15, 0.2) is 0 Å². The molecule has 4 heteroatoms. The van der Waals surface area contributed by atoms with Crippen LogP contribution < -0.4 is 0 Å². The lowest BCUT2D eigenvalue weighted by atomic mass is 10.3. The lowest BCUT2D eigenvalue weighted by molar-refractivity contribution is -0.143. The number of hydrogen-bond acceptors (Lipinski definition) is 4. The fourth-order valence-corrected chi connectivity index (χ4v) is 1.41. The second kappa shape index (κ2) is 5.42. The average molecular weight is 198 g/mol. The van der Waals surface area contributed by atoms with Crippen LogP contribution in [0.1, 0.15) is 25.7 Å². The molecule has 1 rings (SSSR count). The molecule has 0 amide bonds. The van der Waals surface area contributed by atoms with E-state index in [0.717, 1.165) is 37.8 Å². The van der Waals surface area contributed by atoms with Gasteiger partial charge in [0.2, 0.25) is 0 Å². The minimum atomic E-state index is -0.548. The van der Waals surface area contributed by atoms with Crippen molar-refractivity contribution < 1.29 is 19.1 Å². The summed E-state index contributed by atoms with van der Waals surface area (Å²) in [6.07, 6.45) is 6.28. The lowest BCUT2D eigenvalue weighted by Gasteiger charge is -2.08. The van der Waals surface area contributed by atoms with Gasteiger partial charge in [0.1, 0.15) is 6.10 Å². The highest BCUT2D eigenvalue weighted by molar-refractivity contribution is 5.91. The summed E-state index contributed by atoms with van der Waals surface area (Å²) in [7, 11) is 1.26. The summed E-state index contributed by atoms with van der Waals surface area (Å²) in [5.74, 6) is -1.02. The first kappa shape index (κ1) is 10.8. The molecule has 1 saturated carbocycles. The quantitative estimate of drug-likeness (QED) is 0.505. The van der Waals surface area contributed by atoms with E-state index in [1.54, 1.807) is 0 Å². The van der Waals surface area contributed by atoms with Gasteiger partial charge in [-0.2, -0.15) is 0 Å². The third-order valence-electron chi connectivity index (χ3n) is 2.14. The normalized spacial score (nSPS) is 17.2. The highest BCUT2D eigenvalue weighted by Crippen LogP contribution is 2.20. The Morgan fingerprint density at radius 1 is 1.14 bits per heavy atom. The predicted molar refractivity (Wildman–Crippen MR) is 49.5 cm³/mol. The van der Waals surface area contributed by atoms with Gasteiger partial charge in [0.05, 0.1) is 7.11 Å². The maximum atomic E-state index is 11.1. The molecule has 1 fully saturated rings. The van der Waals surface area contributed by atoms with Crippen LogP contribution >= 0.6 is 0 Å². The van der Waals surface area contributed by atoms with E-state index in [0.29, 0.717) is 0 Å². The van der Waals surface area contributed by atoms with Crippen LogP contribution in [0.4, 0.5) is 0 Å². The van der Waals surface area contributed by atoms with Gasteiger partial charge in [-0.15, -0.1) is 0 Å². The zero-order valence-corrected chi connectivity index (χ0v) is 8.19. The van der Waals surface area contributed by atoms with E-state index in [-0.39, 0.29) is 6.10 Å². The Morgan fingerprint density at radius 3 is 2.29 bits per heavy atom. The van der Waals surface area contributed by atoms with Crippen molar-refractivity contribution in [1.29, 1.82) is 0 Å². The molecule has 78 valence electrons. The van der Waals surface area contributed by atoms with Gasteiger partial charge in [0, 0.05) is 12.2 Å². The van der Waals surface area contributed by atoms with E-state index in [1.165, 1.54) is 7.11 Å². The molecule has 0 N–H and O–H groups in total. The SMILES string of the molecule is COC(=O)C=CC(=O)OC1CCCC1. The Kier molecular flexibility index (Phi) is 4.16. The molecule has 14 heavy (non-hydrogen) atoms. The Morgan fingerprint density at radius 2 is 1.71 bits per heavy atom. The molecule has 0 heterocycles. The minimum absolute atomic E-state index is 0.0322. The third kappa shape index (κ3) is 3.60. The van der Waals surface area contributed by atoms with Crippen molar-refractivity contribution in [3.63, 3.8) is 0 Å². The van der Waals surface area contributed by atoms with E-state index >= 15 is 0 Å². The molecule has 0 bridgehead atoms. The molecule has 0 aliphatic heterocycles. The summed E-state index contributed by atoms with van der Waals surface area (Å²) >= 11 is 0. The Hall–Kier alpha value is -1.32. The van der Waals surface area contributed by atoms with Crippen LogP contribution in [-0.4, -0.2) is 25.2 Å².